The van der Waals surface area contributed by atoms with E-state index in [4.69, 9.17) is 0 Å². The van der Waals surface area contributed by atoms with Gasteiger partial charge in [-0.2, -0.15) is 5.10 Å². The van der Waals surface area contributed by atoms with Crippen molar-refractivity contribution in [2.45, 2.75) is 19.8 Å². The van der Waals surface area contributed by atoms with Crippen LogP contribution in [0.2, 0.25) is 0 Å². The van der Waals surface area contributed by atoms with Gasteiger partial charge in [-0.05, 0) is 50.1 Å². The Bertz CT molecular complexity index is 1260. The number of nitrogens with one attached hydrogen (secondary N) is 2. The standard InChI is InChI=1S/C22H19N5O2S/c1-13-23-17-10-9-15(11-19(17)30-13)24-22(29)18-12-20(25-21(28)14-7-8-14)27(26-18)16-5-3-2-4-6-16/h2-6,9-12,14H,7-8H2,1H3,(H,24,29)(H,25,28). The molecule has 7 nitrogen and oxygen atoms in total. The predicted molar refractivity (Wildman–Crippen MR) is 117 cm³/mol. The molecule has 2 amide bonds. The molecule has 2 aromatic heterocycles. The molecule has 5 rings (SSSR count). The number of rotatable bonds is 5. The summed E-state index contributed by atoms with van der Waals surface area (Å²) < 4.78 is 2.60. The van der Waals surface area contributed by atoms with Crippen LogP contribution in [0.1, 0.15) is 28.3 Å². The van der Waals surface area contributed by atoms with Crippen molar-refractivity contribution in [3.8, 4) is 5.69 Å². The summed E-state index contributed by atoms with van der Waals surface area (Å²) >= 11 is 1.58. The number of thiazole rings is 1. The van der Waals surface area contributed by atoms with E-state index in [1.165, 1.54) is 0 Å². The van der Waals surface area contributed by atoms with E-state index in [2.05, 4.69) is 20.7 Å². The van der Waals surface area contributed by atoms with Crippen molar-refractivity contribution in [3.63, 3.8) is 0 Å². The third kappa shape index (κ3) is 3.69. The molecular formula is C22H19N5O2S. The van der Waals surface area contributed by atoms with Crippen LogP contribution >= 0.6 is 11.3 Å². The van der Waals surface area contributed by atoms with Crippen LogP contribution in [0.3, 0.4) is 0 Å². The van der Waals surface area contributed by atoms with E-state index in [1.807, 2.05) is 55.5 Å². The number of benzene rings is 2. The zero-order valence-electron chi connectivity index (χ0n) is 16.3. The number of para-hydroxylation sites is 1. The van der Waals surface area contributed by atoms with E-state index < -0.39 is 0 Å². The summed E-state index contributed by atoms with van der Waals surface area (Å²) in [6.45, 7) is 1.95. The Labute approximate surface area is 176 Å². The van der Waals surface area contributed by atoms with E-state index in [-0.39, 0.29) is 23.4 Å². The molecule has 2 heterocycles. The highest BCUT2D eigenvalue weighted by atomic mass is 32.1. The van der Waals surface area contributed by atoms with E-state index in [1.54, 1.807) is 22.1 Å². The number of hydrogen-bond donors (Lipinski definition) is 2. The summed E-state index contributed by atoms with van der Waals surface area (Å²) in [5, 5.41) is 11.2. The van der Waals surface area contributed by atoms with Gasteiger partial charge in [0, 0.05) is 17.7 Å². The van der Waals surface area contributed by atoms with Crippen LogP contribution in [0.15, 0.2) is 54.6 Å². The Morgan fingerprint density at radius 3 is 2.63 bits per heavy atom. The summed E-state index contributed by atoms with van der Waals surface area (Å²) in [4.78, 5) is 29.6. The number of amides is 2. The Hall–Kier alpha value is -3.52. The predicted octanol–water partition coefficient (Wildman–Crippen LogP) is 4.39. The van der Waals surface area contributed by atoms with E-state index in [9.17, 15) is 9.59 Å². The Balaban J connectivity index is 1.44. The molecule has 1 aliphatic carbocycles. The van der Waals surface area contributed by atoms with Crippen LogP contribution in [0.4, 0.5) is 11.5 Å². The lowest BCUT2D eigenvalue weighted by molar-refractivity contribution is -0.117. The molecule has 0 aliphatic heterocycles. The first-order chi connectivity index (χ1) is 14.6. The first-order valence-corrected chi connectivity index (χ1v) is 10.5. The lowest BCUT2D eigenvalue weighted by atomic mass is 10.3. The number of fused-ring (bicyclic) bond motifs is 1. The van der Waals surface area contributed by atoms with Gasteiger partial charge < -0.3 is 10.6 Å². The smallest absolute Gasteiger partial charge is 0.276 e. The van der Waals surface area contributed by atoms with Gasteiger partial charge in [-0.3, -0.25) is 9.59 Å². The van der Waals surface area contributed by atoms with Crippen molar-refractivity contribution in [2.75, 3.05) is 10.6 Å². The molecule has 0 saturated heterocycles. The highest BCUT2D eigenvalue weighted by Gasteiger charge is 2.30. The van der Waals surface area contributed by atoms with E-state index in [0.717, 1.165) is 33.8 Å². The van der Waals surface area contributed by atoms with Crippen molar-refractivity contribution < 1.29 is 9.59 Å². The number of hydrogen-bond acceptors (Lipinski definition) is 5. The fourth-order valence-electron chi connectivity index (χ4n) is 3.23. The third-order valence-electron chi connectivity index (χ3n) is 4.90. The molecule has 1 aliphatic rings. The molecule has 150 valence electrons. The summed E-state index contributed by atoms with van der Waals surface area (Å²) in [5.41, 5.74) is 2.58. The zero-order valence-corrected chi connectivity index (χ0v) is 17.1. The molecule has 2 aromatic carbocycles. The minimum Gasteiger partial charge on any atom is -0.321 e. The molecular weight excluding hydrogens is 398 g/mol. The molecule has 0 bridgehead atoms. The van der Waals surface area contributed by atoms with Crippen molar-refractivity contribution >= 4 is 44.9 Å². The second-order valence-electron chi connectivity index (χ2n) is 7.30. The molecule has 2 N–H and O–H groups in total. The molecule has 0 spiro atoms. The van der Waals surface area contributed by atoms with Crippen molar-refractivity contribution in [1.29, 1.82) is 0 Å². The minimum atomic E-state index is -0.341. The zero-order chi connectivity index (χ0) is 20.7. The highest BCUT2D eigenvalue weighted by Crippen LogP contribution is 2.31. The molecule has 1 saturated carbocycles. The normalized spacial score (nSPS) is 13.4. The van der Waals surface area contributed by atoms with Crippen LogP contribution in [0.25, 0.3) is 15.9 Å². The van der Waals surface area contributed by atoms with Crippen molar-refractivity contribution in [1.82, 2.24) is 14.8 Å². The number of aromatic nitrogens is 3. The second-order valence-corrected chi connectivity index (χ2v) is 8.53. The highest BCUT2D eigenvalue weighted by molar-refractivity contribution is 7.18. The third-order valence-corrected chi connectivity index (χ3v) is 5.83. The van der Waals surface area contributed by atoms with Gasteiger partial charge in [-0.15, -0.1) is 11.3 Å². The fraction of sp³-hybridized carbons (Fsp3) is 0.182. The van der Waals surface area contributed by atoms with Gasteiger partial charge in [0.05, 0.1) is 20.9 Å². The van der Waals surface area contributed by atoms with Gasteiger partial charge in [0.2, 0.25) is 5.91 Å². The summed E-state index contributed by atoms with van der Waals surface area (Å²) in [5.74, 6) is 0.157. The van der Waals surface area contributed by atoms with Crippen molar-refractivity contribution in [3.05, 3.63) is 65.3 Å². The molecule has 30 heavy (non-hydrogen) atoms. The second kappa shape index (κ2) is 7.38. The number of aryl methyl sites for hydroxylation is 1. The Kier molecular flexibility index (Phi) is 4.55. The average molecular weight is 417 g/mol. The van der Waals surface area contributed by atoms with Gasteiger partial charge in [-0.1, -0.05) is 18.2 Å². The lowest BCUT2D eigenvalue weighted by Gasteiger charge is -2.08. The maximum Gasteiger partial charge on any atom is 0.276 e. The van der Waals surface area contributed by atoms with Gasteiger partial charge in [0.25, 0.3) is 5.91 Å². The number of nitrogens with zero attached hydrogens (tertiary/aromatic N) is 3. The van der Waals surface area contributed by atoms with Crippen LogP contribution in [-0.2, 0) is 4.79 Å². The lowest BCUT2D eigenvalue weighted by Crippen LogP contribution is -2.16. The Morgan fingerprint density at radius 2 is 1.87 bits per heavy atom. The summed E-state index contributed by atoms with van der Waals surface area (Å²) in [7, 11) is 0. The minimum absolute atomic E-state index is 0.0370. The Morgan fingerprint density at radius 1 is 1.07 bits per heavy atom. The first-order valence-electron chi connectivity index (χ1n) is 9.72. The van der Waals surface area contributed by atoms with Crippen LogP contribution < -0.4 is 10.6 Å². The number of carbonyl (C=O) groups excluding carboxylic acids is 2. The van der Waals surface area contributed by atoms with Crippen LogP contribution in [0, 0.1) is 12.8 Å². The quantitative estimate of drug-likeness (QED) is 0.504. The fourth-order valence-corrected chi connectivity index (χ4v) is 4.10. The largest absolute Gasteiger partial charge is 0.321 e. The SMILES string of the molecule is Cc1nc2ccc(NC(=O)c3cc(NC(=O)C4CC4)n(-c4ccccc4)n3)cc2s1. The molecule has 4 aromatic rings. The number of carbonyl (C=O) groups is 2. The van der Waals surface area contributed by atoms with Gasteiger partial charge in [-0.25, -0.2) is 9.67 Å². The maximum absolute atomic E-state index is 12.9. The first kappa shape index (κ1) is 18.5. The monoisotopic (exact) mass is 417 g/mol. The molecule has 1 fully saturated rings. The molecule has 8 heteroatoms. The average Bonchev–Trinajstić information content (AvgIpc) is 3.41. The van der Waals surface area contributed by atoms with Gasteiger partial charge in [0.15, 0.2) is 5.69 Å². The van der Waals surface area contributed by atoms with E-state index in [0.29, 0.717) is 11.5 Å². The molecule has 0 radical (unpaired) electrons. The van der Waals surface area contributed by atoms with E-state index >= 15 is 0 Å². The maximum atomic E-state index is 12.9. The summed E-state index contributed by atoms with van der Waals surface area (Å²) in [6, 6.07) is 16.6. The van der Waals surface area contributed by atoms with Crippen molar-refractivity contribution in [2.24, 2.45) is 5.92 Å². The number of anilines is 2. The topological polar surface area (TPSA) is 88.9 Å². The summed E-state index contributed by atoms with van der Waals surface area (Å²) in [6.07, 6.45) is 1.80. The molecule has 0 atom stereocenters. The van der Waals surface area contributed by atoms with Gasteiger partial charge >= 0.3 is 0 Å². The van der Waals surface area contributed by atoms with Gasteiger partial charge in [0.1, 0.15) is 5.82 Å². The molecule has 0 unspecified atom stereocenters. The van der Waals surface area contributed by atoms with Crippen LogP contribution in [0.5, 0.6) is 0 Å². The van der Waals surface area contributed by atoms with Crippen LogP contribution in [-0.4, -0.2) is 26.6 Å².